The molecule has 0 atom stereocenters. The van der Waals surface area contributed by atoms with Gasteiger partial charge in [-0.25, -0.2) is 4.98 Å². The number of carbonyl (C=O) groups excluding carboxylic acids is 2. The normalized spacial score (nSPS) is 13.2. The van der Waals surface area contributed by atoms with Crippen LogP contribution in [0.25, 0.3) is 0 Å². The van der Waals surface area contributed by atoms with Crippen molar-refractivity contribution in [1.29, 1.82) is 0 Å². The van der Waals surface area contributed by atoms with Gasteiger partial charge in [0, 0.05) is 16.6 Å². The number of carbonyl (C=O) groups is 2. The van der Waals surface area contributed by atoms with Crippen LogP contribution in [0.4, 0.5) is 5.00 Å². The van der Waals surface area contributed by atoms with Crippen molar-refractivity contribution in [3.63, 3.8) is 0 Å². The van der Waals surface area contributed by atoms with Gasteiger partial charge < -0.3 is 16.0 Å². The number of hydrogen-bond acceptors (Lipinski definition) is 6. The summed E-state index contributed by atoms with van der Waals surface area (Å²) in [4.78, 5) is 44.1. The zero-order valence-corrected chi connectivity index (χ0v) is 16.7. The summed E-state index contributed by atoms with van der Waals surface area (Å²) in [7, 11) is 0. The van der Waals surface area contributed by atoms with Crippen molar-refractivity contribution in [2.75, 3.05) is 11.1 Å². The molecule has 0 fully saturated rings. The Morgan fingerprint density at radius 2 is 2.15 bits per heavy atom. The van der Waals surface area contributed by atoms with E-state index in [0.717, 1.165) is 54.3 Å². The Labute approximate surface area is 165 Å². The lowest BCUT2D eigenvalue weighted by Gasteiger charge is -2.11. The van der Waals surface area contributed by atoms with E-state index < -0.39 is 5.91 Å². The van der Waals surface area contributed by atoms with Crippen molar-refractivity contribution in [1.82, 2.24) is 9.97 Å². The van der Waals surface area contributed by atoms with Gasteiger partial charge in [0.2, 0.25) is 5.91 Å². The first kappa shape index (κ1) is 19.6. The summed E-state index contributed by atoms with van der Waals surface area (Å²) in [6.45, 7) is 2.01. The van der Waals surface area contributed by atoms with E-state index in [2.05, 4.69) is 15.3 Å². The number of aryl methyl sites for hydroxylation is 2. The first-order chi connectivity index (χ1) is 13.0. The fourth-order valence-corrected chi connectivity index (χ4v) is 5.15. The van der Waals surface area contributed by atoms with Crippen LogP contribution >= 0.6 is 23.1 Å². The molecule has 9 heteroatoms. The van der Waals surface area contributed by atoms with E-state index in [1.54, 1.807) is 0 Å². The predicted molar refractivity (Wildman–Crippen MR) is 108 cm³/mol. The van der Waals surface area contributed by atoms with Crippen molar-refractivity contribution in [2.24, 2.45) is 5.73 Å². The molecule has 2 aromatic heterocycles. The second kappa shape index (κ2) is 8.71. The maximum absolute atomic E-state index is 12.4. The first-order valence-corrected chi connectivity index (χ1v) is 10.8. The first-order valence-electron chi connectivity index (χ1n) is 8.95. The number of rotatable bonds is 7. The van der Waals surface area contributed by atoms with Crippen molar-refractivity contribution >= 4 is 39.9 Å². The van der Waals surface area contributed by atoms with E-state index in [9.17, 15) is 14.4 Å². The number of H-pyrrole nitrogens is 1. The number of primary amides is 1. The summed E-state index contributed by atoms with van der Waals surface area (Å²) < 4.78 is 0. The average molecular weight is 407 g/mol. The van der Waals surface area contributed by atoms with Gasteiger partial charge in [-0.2, -0.15) is 0 Å². The molecule has 0 aliphatic heterocycles. The zero-order chi connectivity index (χ0) is 19.4. The van der Waals surface area contributed by atoms with Crippen LogP contribution in [0, 0.1) is 0 Å². The molecule has 0 aromatic carbocycles. The minimum atomic E-state index is -0.504. The van der Waals surface area contributed by atoms with Gasteiger partial charge in [0.15, 0.2) is 5.16 Å². The number of anilines is 1. The number of amides is 2. The molecule has 1 aliphatic carbocycles. The third-order valence-electron chi connectivity index (χ3n) is 4.29. The van der Waals surface area contributed by atoms with Gasteiger partial charge in [-0.3, -0.25) is 14.4 Å². The van der Waals surface area contributed by atoms with Gasteiger partial charge in [0.1, 0.15) is 5.00 Å². The molecule has 0 unspecified atom stereocenters. The van der Waals surface area contributed by atoms with E-state index in [-0.39, 0.29) is 17.2 Å². The summed E-state index contributed by atoms with van der Waals surface area (Å²) in [6.07, 6.45) is 5.46. The lowest BCUT2D eigenvalue weighted by atomic mass is 9.95. The Morgan fingerprint density at radius 1 is 1.37 bits per heavy atom. The van der Waals surface area contributed by atoms with Crippen molar-refractivity contribution < 1.29 is 9.59 Å². The zero-order valence-electron chi connectivity index (χ0n) is 15.1. The molecule has 4 N–H and O–H groups in total. The summed E-state index contributed by atoms with van der Waals surface area (Å²) in [5, 5.41) is 3.76. The third kappa shape index (κ3) is 4.78. The molecule has 2 heterocycles. The van der Waals surface area contributed by atoms with Crippen LogP contribution in [0.15, 0.2) is 16.0 Å². The number of fused-ring (bicyclic) bond motifs is 1. The van der Waals surface area contributed by atoms with Crippen LogP contribution in [-0.4, -0.2) is 27.5 Å². The Morgan fingerprint density at radius 3 is 2.89 bits per heavy atom. The molecule has 2 aromatic rings. The highest BCUT2D eigenvalue weighted by Gasteiger charge is 2.24. The monoisotopic (exact) mass is 406 g/mol. The fraction of sp³-hybridized carbons (Fsp3) is 0.444. The standard InChI is InChI=1S/C18H22N4O3S2/c1-2-5-10-8-13(23)22-18(20-10)26-9-14(24)21-17-15(16(19)25)11-6-3-4-7-12(11)27-17/h8H,2-7,9H2,1H3,(H2,19,25)(H,21,24)(H,20,22,23). The fourth-order valence-electron chi connectivity index (χ4n) is 3.15. The minimum absolute atomic E-state index is 0.0826. The molecule has 0 spiro atoms. The van der Waals surface area contributed by atoms with Crippen LogP contribution in [0.3, 0.4) is 0 Å². The lowest BCUT2D eigenvalue weighted by molar-refractivity contribution is -0.113. The Kier molecular flexibility index (Phi) is 6.33. The Balaban J connectivity index is 1.69. The van der Waals surface area contributed by atoms with E-state index in [1.807, 2.05) is 6.92 Å². The second-order valence-corrected chi connectivity index (χ2v) is 8.48. The highest BCUT2D eigenvalue weighted by atomic mass is 32.2. The quantitative estimate of drug-likeness (QED) is 0.482. The molecule has 0 saturated carbocycles. The molecule has 144 valence electrons. The highest BCUT2D eigenvalue weighted by Crippen LogP contribution is 2.37. The number of aromatic amines is 1. The van der Waals surface area contributed by atoms with Crippen LogP contribution in [0.5, 0.6) is 0 Å². The van der Waals surface area contributed by atoms with Crippen LogP contribution in [-0.2, 0) is 24.1 Å². The number of thiophene rings is 1. The molecule has 7 nitrogen and oxygen atoms in total. The molecule has 0 bridgehead atoms. The maximum atomic E-state index is 12.4. The van der Waals surface area contributed by atoms with E-state index in [4.69, 9.17) is 5.73 Å². The largest absolute Gasteiger partial charge is 0.365 e. The summed E-state index contributed by atoms with van der Waals surface area (Å²) >= 11 is 2.60. The van der Waals surface area contributed by atoms with E-state index in [0.29, 0.717) is 27.8 Å². The Bertz CT molecular complexity index is 920. The van der Waals surface area contributed by atoms with Gasteiger partial charge in [-0.15, -0.1) is 11.3 Å². The Hall–Kier alpha value is -2.13. The lowest BCUT2D eigenvalue weighted by Crippen LogP contribution is -2.19. The molecule has 27 heavy (non-hydrogen) atoms. The van der Waals surface area contributed by atoms with Crippen LogP contribution in [0.1, 0.15) is 52.7 Å². The number of hydrogen-bond donors (Lipinski definition) is 3. The van der Waals surface area contributed by atoms with Crippen LogP contribution in [0.2, 0.25) is 0 Å². The molecule has 3 rings (SSSR count). The molecule has 0 saturated heterocycles. The average Bonchev–Trinajstić information content (AvgIpc) is 2.97. The van der Waals surface area contributed by atoms with Gasteiger partial charge in [-0.1, -0.05) is 25.1 Å². The highest BCUT2D eigenvalue weighted by molar-refractivity contribution is 7.99. The van der Waals surface area contributed by atoms with Crippen LogP contribution < -0.4 is 16.6 Å². The summed E-state index contributed by atoms with van der Waals surface area (Å²) in [5.41, 5.74) is 7.47. The predicted octanol–water partition coefficient (Wildman–Crippen LogP) is 2.49. The number of nitrogens with two attached hydrogens (primary N) is 1. The van der Waals surface area contributed by atoms with Crippen molar-refractivity contribution in [3.8, 4) is 0 Å². The third-order valence-corrected chi connectivity index (χ3v) is 6.37. The summed E-state index contributed by atoms with van der Waals surface area (Å²) in [6, 6.07) is 1.48. The van der Waals surface area contributed by atoms with Gasteiger partial charge in [0.05, 0.1) is 11.3 Å². The molecule has 2 amide bonds. The maximum Gasteiger partial charge on any atom is 0.251 e. The van der Waals surface area contributed by atoms with Gasteiger partial charge in [-0.05, 0) is 37.7 Å². The number of nitrogens with one attached hydrogen (secondary N) is 2. The molecular weight excluding hydrogens is 384 g/mol. The molecular formula is C18H22N4O3S2. The van der Waals surface area contributed by atoms with Gasteiger partial charge in [0.25, 0.3) is 11.5 Å². The number of nitrogens with zero attached hydrogens (tertiary/aromatic N) is 1. The number of aromatic nitrogens is 2. The number of thioether (sulfide) groups is 1. The molecule has 1 aliphatic rings. The smallest absolute Gasteiger partial charge is 0.251 e. The second-order valence-electron chi connectivity index (χ2n) is 6.41. The molecule has 0 radical (unpaired) electrons. The van der Waals surface area contributed by atoms with Gasteiger partial charge >= 0.3 is 0 Å². The van der Waals surface area contributed by atoms with E-state index >= 15 is 0 Å². The van der Waals surface area contributed by atoms with Crippen molar-refractivity contribution in [3.05, 3.63) is 38.1 Å². The minimum Gasteiger partial charge on any atom is -0.365 e. The topological polar surface area (TPSA) is 118 Å². The van der Waals surface area contributed by atoms with E-state index in [1.165, 1.54) is 17.4 Å². The summed E-state index contributed by atoms with van der Waals surface area (Å²) in [5.74, 6) is -0.681. The SMILES string of the molecule is CCCc1cc(=O)[nH]c(SCC(=O)Nc2sc3c(c2C(N)=O)CCCC3)n1. The van der Waals surface area contributed by atoms with Crippen molar-refractivity contribution in [2.45, 2.75) is 50.6 Å².